The van der Waals surface area contributed by atoms with Crippen LogP contribution in [-0.2, 0) is 14.3 Å². The second-order valence-electron chi connectivity index (χ2n) is 8.26. The summed E-state index contributed by atoms with van der Waals surface area (Å²) in [5.41, 5.74) is 0.238. The first kappa shape index (κ1) is 24.5. The summed E-state index contributed by atoms with van der Waals surface area (Å²) in [7, 11) is 2.75. The molecular formula is C23H26ClNO7Si. The molecule has 1 amide bonds. The summed E-state index contributed by atoms with van der Waals surface area (Å²) in [4.78, 5) is 25.3. The van der Waals surface area contributed by atoms with Gasteiger partial charge in [0.25, 0.3) is 11.9 Å². The zero-order valence-electron chi connectivity index (χ0n) is 19.3. The fourth-order valence-corrected chi connectivity index (χ4v) is 4.41. The Morgan fingerprint density at radius 1 is 1.00 bits per heavy atom. The highest BCUT2D eigenvalue weighted by Crippen LogP contribution is 2.39. The molecule has 1 atom stereocenters. The van der Waals surface area contributed by atoms with Crippen LogP contribution >= 0.6 is 11.6 Å². The largest absolute Gasteiger partial charge is 0.496 e. The Hall–Kier alpha value is -3.17. The Morgan fingerprint density at radius 2 is 1.64 bits per heavy atom. The van der Waals surface area contributed by atoms with Crippen molar-refractivity contribution < 1.29 is 33.3 Å². The van der Waals surface area contributed by atoms with E-state index in [1.54, 1.807) is 18.2 Å². The van der Waals surface area contributed by atoms with Gasteiger partial charge in [0, 0.05) is 12.1 Å². The van der Waals surface area contributed by atoms with Gasteiger partial charge in [0.1, 0.15) is 28.7 Å². The fourth-order valence-electron chi connectivity index (χ4n) is 3.11. The molecule has 0 bridgehead atoms. The SMILES string of the molecule is COc1cc(OC)c(NC(=O)C2OC(Oc3cc([Si](C)(C)C)ccc3Cl)=CC2=O)c(OC)c1. The lowest BCUT2D eigenvalue weighted by molar-refractivity contribution is -0.134. The van der Waals surface area contributed by atoms with Gasteiger partial charge in [-0.3, -0.25) is 9.59 Å². The first-order valence-corrected chi connectivity index (χ1v) is 14.0. The molecular weight excluding hydrogens is 466 g/mol. The van der Waals surface area contributed by atoms with Gasteiger partial charge >= 0.3 is 0 Å². The third-order valence-electron chi connectivity index (χ3n) is 4.96. The number of halogens is 1. The molecule has 176 valence electrons. The highest BCUT2D eigenvalue weighted by atomic mass is 35.5. The molecule has 0 aromatic heterocycles. The van der Waals surface area contributed by atoms with E-state index in [9.17, 15) is 9.59 Å². The van der Waals surface area contributed by atoms with E-state index in [-0.39, 0.29) is 11.6 Å². The number of hydrogen-bond donors (Lipinski definition) is 1. The molecule has 2 aromatic carbocycles. The molecule has 0 radical (unpaired) electrons. The van der Waals surface area contributed by atoms with Crippen LogP contribution in [0.15, 0.2) is 42.4 Å². The maximum Gasteiger partial charge on any atom is 0.289 e. The van der Waals surface area contributed by atoms with E-state index in [4.69, 9.17) is 35.3 Å². The molecule has 10 heteroatoms. The Morgan fingerprint density at radius 3 is 2.18 bits per heavy atom. The van der Waals surface area contributed by atoms with Gasteiger partial charge < -0.3 is 29.0 Å². The van der Waals surface area contributed by atoms with E-state index in [0.29, 0.717) is 28.0 Å². The van der Waals surface area contributed by atoms with Gasteiger partial charge in [-0.1, -0.05) is 42.5 Å². The Labute approximate surface area is 198 Å². The monoisotopic (exact) mass is 491 g/mol. The summed E-state index contributed by atoms with van der Waals surface area (Å²) >= 11 is 6.26. The lowest BCUT2D eigenvalue weighted by Crippen LogP contribution is -2.37. The van der Waals surface area contributed by atoms with Crippen molar-refractivity contribution in [2.75, 3.05) is 26.6 Å². The van der Waals surface area contributed by atoms with Crippen LogP contribution in [0.25, 0.3) is 0 Å². The molecule has 1 aliphatic rings. The van der Waals surface area contributed by atoms with Gasteiger partial charge in [-0.2, -0.15) is 0 Å². The van der Waals surface area contributed by atoms with Crippen LogP contribution in [0.3, 0.4) is 0 Å². The molecule has 3 rings (SSSR count). The maximum absolute atomic E-state index is 12.9. The van der Waals surface area contributed by atoms with E-state index in [1.807, 2.05) is 12.1 Å². The van der Waals surface area contributed by atoms with Crippen LogP contribution in [0.5, 0.6) is 23.0 Å². The predicted octanol–water partition coefficient (Wildman–Crippen LogP) is 3.74. The number of ketones is 1. The molecule has 0 fully saturated rings. The van der Waals surface area contributed by atoms with Crippen molar-refractivity contribution in [1.82, 2.24) is 0 Å². The van der Waals surface area contributed by atoms with E-state index >= 15 is 0 Å². The molecule has 0 aliphatic carbocycles. The van der Waals surface area contributed by atoms with Gasteiger partial charge in [-0.15, -0.1) is 0 Å². The quantitative estimate of drug-likeness (QED) is 0.444. The van der Waals surface area contributed by atoms with Crippen molar-refractivity contribution >= 4 is 42.2 Å². The minimum Gasteiger partial charge on any atom is -0.496 e. The molecule has 8 nitrogen and oxygen atoms in total. The van der Waals surface area contributed by atoms with Crippen LogP contribution in [0.4, 0.5) is 5.69 Å². The summed E-state index contributed by atoms with van der Waals surface area (Å²) in [6, 6.07) is 8.70. The Bertz CT molecular complexity index is 1090. The third kappa shape index (κ3) is 5.43. The van der Waals surface area contributed by atoms with Crippen LogP contribution in [0.1, 0.15) is 0 Å². The third-order valence-corrected chi connectivity index (χ3v) is 7.32. The van der Waals surface area contributed by atoms with Crippen molar-refractivity contribution in [3.8, 4) is 23.0 Å². The fraction of sp³-hybridized carbons (Fsp3) is 0.304. The summed E-state index contributed by atoms with van der Waals surface area (Å²) in [6.45, 7) is 6.57. The first-order chi connectivity index (χ1) is 15.6. The predicted molar refractivity (Wildman–Crippen MR) is 128 cm³/mol. The molecule has 1 aliphatic heterocycles. The van der Waals surface area contributed by atoms with Gasteiger partial charge in [0.15, 0.2) is 0 Å². The molecule has 0 saturated heterocycles. The molecule has 0 spiro atoms. The number of ether oxygens (including phenoxy) is 5. The first-order valence-electron chi connectivity index (χ1n) is 10.1. The molecule has 1 heterocycles. The van der Waals surface area contributed by atoms with E-state index in [0.717, 1.165) is 11.3 Å². The number of methoxy groups -OCH3 is 3. The second-order valence-corrected chi connectivity index (χ2v) is 13.7. The average molecular weight is 492 g/mol. The van der Waals surface area contributed by atoms with Gasteiger partial charge in [0.05, 0.1) is 40.5 Å². The number of nitrogens with one attached hydrogen (secondary N) is 1. The van der Waals surface area contributed by atoms with E-state index in [2.05, 4.69) is 25.0 Å². The van der Waals surface area contributed by atoms with Gasteiger partial charge in [-0.25, -0.2) is 0 Å². The summed E-state index contributed by atoms with van der Waals surface area (Å²) in [6.07, 6.45) is -0.306. The number of hydrogen-bond acceptors (Lipinski definition) is 7. The lowest BCUT2D eigenvalue weighted by atomic mass is 10.2. The number of benzene rings is 2. The Balaban J connectivity index is 1.77. The van der Waals surface area contributed by atoms with E-state index < -0.39 is 25.9 Å². The smallest absolute Gasteiger partial charge is 0.289 e. The zero-order valence-corrected chi connectivity index (χ0v) is 21.0. The molecule has 0 saturated carbocycles. The number of carbonyl (C=O) groups is 2. The molecule has 2 aromatic rings. The van der Waals surface area contributed by atoms with Gasteiger partial charge in [0.2, 0.25) is 11.9 Å². The molecule has 1 unspecified atom stereocenters. The van der Waals surface area contributed by atoms with Gasteiger partial charge in [-0.05, 0) is 12.1 Å². The van der Waals surface area contributed by atoms with Crippen molar-refractivity contribution in [3.05, 3.63) is 47.4 Å². The van der Waals surface area contributed by atoms with E-state index in [1.165, 1.54) is 21.3 Å². The lowest BCUT2D eigenvalue weighted by Gasteiger charge is -2.19. The Kier molecular flexibility index (Phi) is 7.24. The van der Waals surface area contributed by atoms with Crippen molar-refractivity contribution in [1.29, 1.82) is 0 Å². The summed E-state index contributed by atoms with van der Waals surface area (Å²) in [5, 5.41) is 4.12. The standard InChI is InChI=1S/C23H26ClNO7Si/c1-28-13-9-18(29-2)21(19(10-13)30-3)25-23(27)22-16(26)12-20(32-22)31-17-11-14(33(4,5)6)7-8-15(17)24/h7-12,22H,1-6H3,(H,25,27). The van der Waals surface area contributed by atoms with Crippen LogP contribution < -0.4 is 29.5 Å². The topological polar surface area (TPSA) is 92.3 Å². The van der Waals surface area contributed by atoms with Crippen molar-refractivity contribution in [2.24, 2.45) is 0 Å². The number of rotatable bonds is 8. The molecule has 33 heavy (non-hydrogen) atoms. The number of anilines is 1. The molecule has 1 N–H and O–H groups in total. The minimum atomic E-state index is -1.62. The van der Waals surface area contributed by atoms with Crippen LogP contribution in [0.2, 0.25) is 24.7 Å². The van der Waals surface area contributed by atoms with Crippen molar-refractivity contribution in [2.45, 2.75) is 25.7 Å². The normalized spacial score (nSPS) is 15.4. The van der Waals surface area contributed by atoms with Crippen molar-refractivity contribution in [3.63, 3.8) is 0 Å². The average Bonchev–Trinajstić information content (AvgIpc) is 3.14. The highest BCUT2D eigenvalue weighted by Gasteiger charge is 2.36. The highest BCUT2D eigenvalue weighted by molar-refractivity contribution is 6.88. The second kappa shape index (κ2) is 9.76. The van der Waals surface area contributed by atoms with Crippen LogP contribution in [0, 0.1) is 0 Å². The zero-order chi connectivity index (χ0) is 24.3. The number of amides is 1. The van der Waals surface area contributed by atoms with Crippen LogP contribution in [-0.4, -0.2) is 47.2 Å². The number of carbonyl (C=O) groups excluding carboxylic acids is 2. The summed E-state index contributed by atoms with van der Waals surface area (Å²) < 4.78 is 27.1. The maximum atomic E-state index is 12.9. The summed E-state index contributed by atoms with van der Waals surface area (Å²) in [5.74, 6) is 0.0435. The minimum absolute atomic E-state index is 0.108.